The van der Waals surface area contributed by atoms with Gasteiger partial charge in [-0.2, -0.15) is 0 Å². The molecule has 0 saturated carbocycles. The predicted octanol–water partition coefficient (Wildman–Crippen LogP) is 1.87. The fourth-order valence-electron chi connectivity index (χ4n) is 3.30. The third-order valence-electron chi connectivity index (χ3n) is 5.15. The molecule has 1 fully saturated rings. The molecule has 1 saturated heterocycles. The van der Waals surface area contributed by atoms with Crippen molar-refractivity contribution in [3.63, 3.8) is 0 Å². The Morgan fingerprint density at radius 3 is 2.74 bits per heavy atom. The molecular weight excluding hydrogens is 340 g/mol. The summed E-state index contributed by atoms with van der Waals surface area (Å²) in [6.45, 7) is 8.58. The van der Waals surface area contributed by atoms with Gasteiger partial charge in [0, 0.05) is 62.9 Å². The summed E-state index contributed by atoms with van der Waals surface area (Å²) in [6, 6.07) is 4.47. The third-order valence-corrected chi connectivity index (χ3v) is 5.15. The second kappa shape index (κ2) is 8.00. The first kappa shape index (κ1) is 19.2. The Bertz CT molecular complexity index is 835. The monoisotopic (exact) mass is 368 g/mol. The third kappa shape index (κ3) is 4.24. The van der Waals surface area contributed by atoms with Crippen molar-refractivity contribution in [3.05, 3.63) is 46.7 Å². The van der Waals surface area contributed by atoms with E-state index in [1.807, 2.05) is 33.0 Å². The molecule has 0 bridgehead atoms. The van der Waals surface area contributed by atoms with E-state index in [-0.39, 0.29) is 11.7 Å². The molecule has 1 aliphatic heterocycles. The van der Waals surface area contributed by atoms with Crippen LogP contribution in [-0.2, 0) is 6.54 Å². The van der Waals surface area contributed by atoms with E-state index in [1.165, 1.54) is 10.5 Å². The van der Waals surface area contributed by atoms with E-state index in [4.69, 9.17) is 0 Å². The lowest BCUT2D eigenvalue weighted by Crippen LogP contribution is -2.33. The highest BCUT2D eigenvalue weighted by molar-refractivity contribution is 5.90. The molecule has 3 heterocycles. The molecule has 1 aliphatic rings. The van der Waals surface area contributed by atoms with Gasteiger partial charge < -0.3 is 15.1 Å². The molecule has 3 rings (SSSR count). The minimum absolute atomic E-state index is 0.166. The van der Waals surface area contributed by atoms with Crippen LogP contribution in [0.2, 0.25) is 0 Å². The summed E-state index contributed by atoms with van der Waals surface area (Å²) in [5, 5.41) is 3.63. The predicted molar refractivity (Wildman–Crippen MR) is 106 cm³/mol. The van der Waals surface area contributed by atoms with Crippen LogP contribution >= 0.6 is 0 Å². The molecule has 1 N–H and O–H groups in total. The van der Waals surface area contributed by atoms with Crippen molar-refractivity contribution in [1.29, 1.82) is 0 Å². The number of aryl methyl sites for hydroxylation is 2. The first-order chi connectivity index (χ1) is 12.9. The number of anilines is 1. The highest BCUT2D eigenvalue weighted by Crippen LogP contribution is 2.24. The van der Waals surface area contributed by atoms with E-state index in [2.05, 4.69) is 31.2 Å². The molecule has 0 aliphatic carbocycles. The largest absolute Gasteiger partial charge is 0.355 e. The summed E-state index contributed by atoms with van der Waals surface area (Å²) in [4.78, 5) is 29.4. The number of carbonyl (C=O) groups excluding carboxylic acids is 1. The number of hydrogen-bond acceptors (Lipinski definition) is 6. The van der Waals surface area contributed by atoms with Crippen LogP contribution in [0.15, 0.2) is 18.3 Å². The Morgan fingerprint density at radius 2 is 2.04 bits per heavy atom. The smallest absolute Gasteiger partial charge is 0.291 e. The zero-order valence-corrected chi connectivity index (χ0v) is 16.8. The van der Waals surface area contributed by atoms with Crippen LogP contribution < -0.4 is 10.2 Å². The van der Waals surface area contributed by atoms with Crippen molar-refractivity contribution in [1.82, 2.24) is 25.2 Å². The fourth-order valence-corrected chi connectivity index (χ4v) is 3.30. The van der Waals surface area contributed by atoms with Gasteiger partial charge in [0.1, 0.15) is 5.82 Å². The molecule has 0 unspecified atom stereocenters. The standard InChI is InChI=1S/C20H28N6O/c1-13-14(2)23-18(20(27)25(4)5)24-19(13)26-10-8-17(12-26)22-11-16-7-6-9-21-15(16)3/h6-7,9,17,22H,8,10-12H2,1-5H3/t17-/m1/s1. The van der Waals surface area contributed by atoms with E-state index in [0.29, 0.717) is 6.04 Å². The molecule has 7 heteroatoms. The van der Waals surface area contributed by atoms with Gasteiger partial charge in [0.25, 0.3) is 5.91 Å². The van der Waals surface area contributed by atoms with E-state index in [9.17, 15) is 4.79 Å². The highest BCUT2D eigenvalue weighted by Gasteiger charge is 2.26. The number of carbonyl (C=O) groups is 1. The zero-order valence-electron chi connectivity index (χ0n) is 16.8. The summed E-state index contributed by atoms with van der Waals surface area (Å²) in [5.41, 5.74) is 4.18. The van der Waals surface area contributed by atoms with Crippen LogP contribution in [0.25, 0.3) is 0 Å². The van der Waals surface area contributed by atoms with Crippen molar-refractivity contribution in [2.75, 3.05) is 32.1 Å². The van der Waals surface area contributed by atoms with Gasteiger partial charge in [0.05, 0.1) is 0 Å². The van der Waals surface area contributed by atoms with Gasteiger partial charge in [-0.25, -0.2) is 9.97 Å². The Kier molecular flexibility index (Phi) is 5.70. The summed E-state index contributed by atoms with van der Waals surface area (Å²) in [6.07, 6.45) is 2.86. The number of hydrogen-bond donors (Lipinski definition) is 1. The molecule has 0 aromatic carbocycles. The van der Waals surface area contributed by atoms with E-state index < -0.39 is 0 Å². The average Bonchev–Trinajstić information content (AvgIpc) is 3.11. The molecule has 27 heavy (non-hydrogen) atoms. The Hall–Kier alpha value is -2.54. The van der Waals surface area contributed by atoms with Gasteiger partial charge in [0.2, 0.25) is 5.82 Å². The highest BCUT2D eigenvalue weighted by atomic mass is 16.2. The summed E-state index contributed by atoms with van der Waals surface area (Å²) < 4.78 is 0. The maximum atomic E-state index is 12.3. The van der Waals surface area contributed by atoms with Crippen molar-refractivity contribution in [2.24, 2.45) is 0 Å². The van der Waals surface area contributed by atoms with Gasteiger partial charge in [-0.15, -0.1) is 0 Å². The van der Waals surface area contributed by atoms with Gasteiger partial charge in [-0.05, 0) is 38.8 Å². The topological polar surface area (TPSA) is 74.2 Å². The Morgan fingerprint density at radius 1 is 1.26 bits per heavy atom. The van der Waals surface area contributed by atoms with Crippen molar-refractivity contribution in [3.8, 4) is 0 Å². The van der Waals surface area contributed by atoms with Gasteiger partial charge in [-0.1, -0.05) is 6.07 Å². The number of amides is 1. The molecule has 0 radical (unpaired) electrons. The normalized spacial score (nSPS) is 16.6. The molecule has 1 amide bonds. The molecule has 1 atom stereocenters. The minimum Gasteiger partial charge on any atom is -0.355 e. The van der Waals surface area contributed by atoms with E-state index >= 15 is 0 Å². The van der Waals surface area contributed by atoms with Crippen molar-refractivity contribution >= 4 is 11.7 Å². The van der Waals surface area contributed by atoms with Crippen LogP contribution in [0.4, 0.5) is 5.82 Å². The average molecular weight is 368 g/mol. The summed E-state index contributed by atoms with van der Waals surface area (Å²) in [5.74, 6) is 0.968. The number of nitrogens with zero attached hydrogens (tertiary/aromatic N) is 5. The lowest BCUT2D eigenvalue weighted by Gasteiger charge is -2.22. The Labute approximate surface area is 160 Å². The Balaban J connectivity index is 1.71. The molecule has 2 aromatic heterocycles. The van der Waals surface area contributed by atoms with Crippen LogP contribution in [0, 0.1) is 20.8 Å². The summed E-state index contributed by atoms with van der Waals surface area (Å²) in [7, 11) is 3.44. The van der Waals surface area contributed by atoms with Crippen molar-refractivity contribution < 1.29 is 4.79 Å². The fraction of sp³-hybridized carbons (Fsp3) is 0.500. The van der Waals surface area contributed by atoms with Crippen LogP contribution in [0.3, 0.4) is 0 Å². The zero-order chi connectivity index (χ0) is 19.6. The first-order valence-electron chi connectivity index (χ1n) is 9.32. The number of nitrogens with one attached hydrogen (secondary N) is 1. The van der Waals surface area contributed by atoms with E-state index in [0.717, 1.165) is 48.8 Å². The summed E-state index contributed by atoms with van der Waals surface area (Å²) >= 11 is 0. The second-order valence-corrected chi connectivity index (χ2v) is 7.34. The van der Waals surface area contributed by atoms with E-state index in [1.54, 1.807) is 14.1 Å². The van der Waals surface area contributed by atoms with Crippen LogP contribution in [-0.4, -0.2) is 59.0 Å². The lowest BCUT2D eigenvalue weighted by molar-refractivity contribution is 0.0815. The number of pyridine rings is 1. The molecule has 0 spiro atoms. The van der Waals surface area contributed by atoms with Crippen molar-refractivity contribution in [2.45, 2.75) is 39.8 Å². The van der Waals surface area contributed by atoms with Gasteiger partial charge in [-0.3, -0.25) is 9.78 Å². The van der Waals surface area contributed by atoms with Crippen LogP contribution in [0.1, 0.15) is 39.6 Å². The lowest BCUT2D eigenvalue weighted by atomic mass is 10.2. The maximum absolute atomic E-state index is 12.3. The first-order valence-corrected chi connectivity index (χ1v) is 9.32. The van der Waals surface area contributed by atoms with Crippen LogP contribution in [0.5, 0.6) is 0 Å². The minimum atomic E-state index is -0.166. The molecule has 7 nitrogen and oxygen atoms in total. The maximum Gasteiger partial charge on any atom is 0.291 e. The number of aromatic nitrogens is 3. The quantitative estimate of drug-likeness (QED) is 0.868. The van der Waals surface area contributed by atoms with Gasteiger partial charge >= 0.3 is 0 Å². The molecule has 144 valence electrons. The SMILES string of the molecule is Cc1ncccc1CN[C@@H]1CCN(c2nc(C(=O)N(C)C)nc(C)c2C)C1. The molecule has 2 aromatic rings. The number of rotatable bonds is 5. The molecular formula is C20H28N6O. The second-order valence-electron chi connectivity index (χ2n) is 7.34. The van der Waals surface area contributed by atoms with Gasteiger partial charge in [0.15, 0.2) is 0 Å².